The molecule has 3 N–H and O–H groups in total. The Morgan fingerprint density at radius 3 is 2.46 bits per heavy atom. The smallest absolute Gasteiger partial charge is 0.216 e. The van der Waals surface area contributed by atoms with Gasteiger partial charge in [-0.25, -0.2) is 13.1 Å². The summed E-state index contributed by atoms with van der Waals surface area (Å²) in [6.45, 7) is 4.96. The van der Waals surface area contributed by atoms with Crippen molar-refractivity contribution in [3.8, 4) is 11.3 Å². The molecule has 1 aromatic carbocycles. The lowest BCUT2D eigenvalue weighted by molar-refractivity contribution is 0.569. The summed E-state index contributed by atoms with van der Waals surface area (Å²) in [6, 6.07) is 11.4. The first-order valence-corrected chi connectivity index (χ1v) is 10.8. The summed E-state index contributed by atoms with van der Waals surface area (Å²) in [7, 11) is -3.31. The Balaban J connectivity index is 1.55. The Morgan fingerprint density at radius 1 is 1.04 bits per heavy atom. The molecule has 0 amide bonds. The molecule has 0 fully saturated rings. The monoisotopic (exact) mass is 399 g/mol. The van der Waals surface area contributed by atoms with E-state index in [0.717, 1.165) is 27.9 Å². The lowest BCUT2D eigenvalue weighted by Gasteiger charge is -2.10. The minimum atomic E-state index is -3.31. The second kappa shape index (κ2) is 9.09. The Kier molecular flexibility index (Phi) is 6.56. The molecule has 28 heavy (non-hydrogen) atoms. The van der Waals surface area contributed by atoms with Crippen molar-refractivity contribution in [1.82, 2.24) is 25.2 Å². The van der Waals surface area contributed by atoms with E-state index in [9.17, 15) is 8.42 Å². The highest BCUT2D eigenvalue weighted by atomic mass is 32.2. The van der Waals surface area contributed by atoms with E-state index in [1.165, 1.54) is 0 Å². The molecule has 3 aromatic rings. The molecular formula is C20H25N5O2S. The number of hydrogen-bond donors (Lipinski definition) is 3. The maximum absolute atomic E-state index is 12.0. The zero-order chi connectivity index (χ0) is 20.0. The van der Waals surface area contributed by atoms with Gasteiger partial charge in [-0.15, -0.1) is 0 Å². The van der Waals surface area contributed by atoms with Gasteiger partial charge in [0.1, 0.15) is 0 Å². The molecule has 148 valence electrons. The Morgan fingerprint density at radius 2 is 1.79 bits per heavy atom. The average Bonchev–Trinajstić information content (AvgIpc) is 3.11. The predicted molar refractivity (Wildman–Crippen MR) is 110 cm³/mol. The molecule has 0 spiro atoms. The second-order valence-corrected chi connectivity index (χ2v) is 8.72. The third-order valence-corrected chi connectivity index (χ3v) is 5.65. The number of nitrogens with zero attached hydrogens (tertiary/aromatic N) is 2. The topological polar surface area (TPSA) is 99.8 Å². The Labute approximate surface area is 165 Å². The van der Waals surface area contributed by atoms with Gasteiger partial charge in [-0.2, -0.15) is 5.10 Å². The molecule has 8 heteroatoms. The number of pyridine rings is 1. The molecule has 0 radical (unpaired) electrons. The van der Waals surface area contributed by atoms with Crippen molar-refractivity contribution in [2.24, 2.45) is 0 Å². The molecule has 7 nitrogen and oxygen atoms in total. The molecule has 0 aliphatic rings. The van der Waals surface area contributed by atoms with E-state index in [2.05, 4.69) is 25.2 Å². The lowest BCUT2D eigenvalue weighted by atomic mass is 10.1. The number of hydrogen-bond acceptors (Lipinski definition) is 5. The van der Waals surface area contributed by atoms with Gasteiger partial charge in [0.25, 0.3) is 0 Å². The van der Waals surface area contributed by atoms with E-state index >= 15 is 0 Å². The van der Waals surface area contributed by atoms with Crippen LogP contribution in [0.1, 0.15) is 30.5 Å². The van der Waals surface area contributed by atoms with Gasteiger partial charge in [0.2, 0.25) is 10.0 Å². The standard InChI is InChI=1S/C20H25N5O2S/c1-15(2)25-28(26,27)14-17-7-5-16(6-8-17)10-22-12-19-13-23-24-20(19)18-4-3-9-21-11-18/h3-9,11,13,15,22,25H,10,12,14H2,1-2H3,(H,23,24). The van der Waals surface area contributed by atoms with Crippen molar-refractivity contribution in [2.75, 3.05) is 0 Å². The second-order valence-electron chi connectivity index (χ2n) is 6.96. The first kappa shape index (κ1) is 20.2. The van der Waals surface area contributed by atoms with Crippen LogP contribution in [0.4, 0.5) is 0 Å². The van der Waals surface area contributed by atoms with Crippen LogP contribution in [0, 0.1) is 0 Å². The van der Waals surface area contributed by atoms with Crippen LogP contribution in [-0.2, 0) is 28.9 Å². The predicted octanol–water partition coefficient (Wildman–Crippen LogP) is 2.59. The van der Waals surface area contributed by atoms with Crippen molar-refractivity contribution >= 4 is 10.0 Å². The number of aromatic nitrogens is 3. The highest BCUT2D eigenvalue weighted by Gasteiger charge is 2.13. The molecule has 2 aromatic heterocycles. The largest absolute Gasteiger partial charge is 0.308 e. The fourth-order valence-corrected chi connectivity index (χ4v) is 4.35. The minimum Gasteiger partial charge on any atom is -0.308 e. The molecule has 2 heterocycles. The lowest BCUT2D eigenvalue weighted by Crippen LogP contribution is -2.31. The van der Waals surface area contributed by atoms with Crippen LogP contribution < -0.4 is 10.0 Å². The van der Waals surface area contributed by atoms with Gasteiger partial charge in [0.05, 0.1) is 17.6 Å². The third-order valence-electron chi connectivity index (χ3n) is 4.11. The van der Waals surface area contributed by atoms with Crippen LogP contribution in [0.5, 0.6) is 0 Å². The first-order valence-electron chi connectivity index (χ1n) is 9.14. The van der Waals surface area contributed by atoms with Crippen molar-refractivity contribution in [3.63, 3.8) is 0 Å². The minimum absolute atomic E-state index is 0.0115. The highest BCUT2D eigenvalue weighted by molar-refractivity contribution is 7.88. The van der Waals surface area contributed by atoms with Gasteiger partial charge in [-0.05, 0) is 37.1 Å². The van der Waals surface area contributed by atoms with E-state index in [1.807, 2.05) is 56.4 Å². The number of benzene rings is 1. The number of H-pyrrole nitrogens is 1. The molecule has 0 bridgehead atoms. The normalized spacial score (nSPS) is 11.8. The summed E-state index contributed by atoms with van der Waals surface area (Å²) in [4.78, 5) is 4.14. The van der Waals surface area contributed by atoms with E-state index < -0.39 is 10.0 Å². The summed E-state index contributed by atoms with van der Waals surface area (Å²) in [5.74, 6) is -0.0115. The zero-order valence-corrected chi connectivity index (χ0v) is 16.8. The molecular weight excluding hydrogens is 374 g/mol. The van der Waals surface area contributed by atoms with Gasteiger partial charge in [0, 0.05) is 42.7 Å². The van der Waals surface area contributed by atoms with Crippen molar-refractivity contribution in [2.45, 2.75) is 38.7 Å². The summed E-state index contributed by atoms with van der Waals surface area (Å²) in [5.41, 5.74) is 4.88. The summed E-state index contributed by atoms with van der Waals surface area (Å²) in [5, 5.41) is 10.6. The molecule has 0 aliphatic heterocycles. The van der Waals surface area contributed by atoms with Crippen LogP contribution >= 0.6 is 0 Å². The van der Waals surface area contributed by atoms with Crippen molar-refractivity contribution in [1.29, 1.82) is 0 Å². The molecule has 0 saturated carbocycles. The average molecular weight is 400 g/mol. The van der Waals surface area contributed by atoms with Gasteiger partial charge in [0.15, 0.2) is 0 Å². The van der Waals surface area contributed by atoms with E-state index in [1.54, 1.807) is 12.4 Å². The number of sulfonamides is 1. The summed E-state index contributed by atoms with van der Waals surface area (Å²) >= 11 is 0. The molecule has 3 rings (SSSR count). The van der Waals surface area contributed by atoms with E-state index in [4.69, 9.17) is 0 Å². The Hall–Kier alpha value is -2.55. The maximum Gasteiger partial charge on any atom is 0.216 e. The summed E-state index contributed by atoms with van der Waals surface area (Å²) in [6.07, 6.45) is 5.36. The SMILES string of the molecule is CC(C)NS(=O)(=O)Cc1ccc(CNCc2cn[nH]c2-c2cccnc2)cc1. The maximum atomic E-state index is 12.0. The van der Waals surface area contributed by atoms with Crippen LogP contribution in [0.15, 0.2) is 55.0 Å². The van der Waals surface area contributed by atoms with Crippen LogP contribution in [-0.4, -0.2) is 29.6 Å². The van der Waals surface area contributed by atoms with Gasteiger partial charge in [-0.1, -0.05) is 24.3 Å². The molecule has 0 atom stereocenters. The van der Waals surface area contributed by atoms with Gasteiger partial charge < -0.3 is 5.32 Å². The quantitative estimate of drug-likeness (QED) is 0.514. The third kappa shape index (κ3) is 5.72. The Bertz CT molecular complexity index is 983. The number of rotatable bonds is 9. The molecule has 0 unspecified atom stereocenters. The van der Waals surface area contributed by atoms with Gasteiger partial charge >= 0.3 is 0 Å². The number of aromatic amines is 1. The zero-order valence-electron chi connectivity index (χ0n) is 16.0. The van der Waals surface area contributed by atoms with E-state index in [-0.39, 0.29) is 11.8 Å². The van der Waals surface area contributed by atoms with Crippen LogP contribution in [0.2, 0.25) is 0 Å². The fraction of sp³-hybridized carbons (Fsp3) is 0.300. The number of nitrogens with one attached hydrogen (secondary N) is 3. The van der Waals surface area contributed by atoms with E-state index in [0.29, 0.717) is 13.1 Å². The van der Waals surface area contributed by atoms with Crippen molar-refractivity contribution < 1.29 is 8.42 Å². The molecule has 0 saturated heterocycles. The summed E-state index contributed by atoms with van der Waals surface area (Å²) < 4.78 is 26.6. The van der Waals surface area contributed by atoms with Crippen molar-refractivity contribution in [3.05, 3.63) is 71.7 Å². The van der Waals surface area contributed by atoms with Gasteiger partial charge in [-0.3, -0.25) is 10.1 Å². The highest BCUT2D eigenvalue weighted by Crippen LogP contribution is 2.19. The molecule has 0 aliphatic carbocycles. The van der Waals surface area contributed by atoms with Crippen LogP contribution in [0.25, 0.3) is 11.3 Å². The van der Waals surface area contributed by atoms with Crippen LogP contribution in [0.3, 0.4) is 0 Å². The first-order chi connectivity index (χ1) is 13.4. The fourth-order valence-electron chi connectivity index (χ4n) is 2.92.